The standard InChI is InChI=1S/C15H25NOS/c1-5-8-16-10-14-6-7-15(9-11(14)2)18-13(4)12(3)17/h6-7,9,12-13,16-17H,5,8,10H2,1-4H3. The van der Waals surface area contributed by atoms with Crippen LogP contribution in [0, 0.1) is 6.92 Å². The molecule has 3 heteroatoms. The molecule has 1 aromatic carbocycles. The van der Waals surface area contributed by atoms with Gasteiger partial charge in [0.25, 0.3) is 0 Å². The Morgan fingerprint density at radius 3 is 2.61 bits per heavy atom. The van der Waals surface area contributed by atoms with Gasteiger partial charge in [-0.1, -0.05) is 19.9 Å². The molecule has 1 aromatic rings. The summed E-state index contributed by atoms with van der Waals surface area (Å²) in [6.45, 7) is 10.2. The third-order valence-electron chi connectivity index (χ3n) is 3.06. The lowest BCUT2D eigenvalue weighted by Gasteiger charge is -2.15. The number of hydrogen-bond acceptors (Lipinski definition) is 3. The first-order chi connectivity index (χ1) is 8.54. The highest BCUT2D eigenvalue weighted by molar-refractivity contribution is 8.00. The van der Waals surface area contributed by atoms with E-state index in [-0.39, 0.29) is 11.4 Å². The summed E-state index contributed by atoms with van der Waals surface area (Å²) in [4.78, 5) is 1.24. The van der Waals surface area contributed by atoms with E-state index in [9.17, 15) is 5.11 Å². The number of hydrogen-bond donors (Lipinski definition) is 2. The zero-order chi connectivity index (χ0) is 13.5. The van der Waals surface area contributed by atoms with Crippen LogP contribution in [-0.2, 0) is 6.54 Å². The van der Waals surface area contributed by atoms with E-state index in [0.29, 0.717) is 0 Å². The van der Waals surface area contributed by atoms with Crippen molar-refractivity contribution >= 4 is 11.8 Å². The molecule has 0 bridgehead atoms. The zero-order valence-corrected chi connectivity index (χ0v) is 12.7. The maximum absolute atomic E-state index is 9.52. The third kappa shape index (κ3) is 5.01. The molecule has 0 saturated carbocycles. The monoisotopic (exact) mass is 267 g/mol. The van der Waals surface area contributed by atoms with Crippen LogP contribution in [0.4, 0.5) is 0 Å². The van der Waals surface area contributed by atoms with Crippen molar-refractivity contribution < 1.29 is 5.11 Å². The summed E-state index contributed by atoms with van der Waals surface area (Å²) in [5.41, 5.74) is 2.68. The molecule has 0 saturated heterocycles. The minimum Gasteiger partial charge on any atom is -0.392 e. The lowest BCUT2D eigenvalue weighted by molar-refractivity contribution is 0.196. The van der Waals surface area contributed by atoms with Crippen LogP contribution in [0.3, 0.4) is 0 Å². The smallest absolute Gasteiger partial charge is 0.0631 e. The molecule has 0 aliphatic rings. The normalized spacial score (nSPS) is 14.5. The number of aliphatic hydroxyl groups is 1. The number of benzene rings is 1. The van der Waals surface area contributed by atoms with E-state index in [1.54, 1.807) is 11.8 Å². The first-order valence-electron chi connectivity index (χ1n) is 6.69. The van der Waals surface area contributed by atoms with Gasteiger partial charge in [0, 0.05) is 16.7 Å². The van der Waals surface area contributed by atoms with Crippen molar-refractivity contribution in [2.75, 3.05) is 6.54 Å². The molecule has 0 heterocycles. The average Bonchev–Trinajstić information content (AvgIpc) is 2.32. The fourth-order valence-electron chi connectivity index (χ4n) is 1.65. The Morgan fingerprint density at radius 2 is 2.06 bits per heavy atom. The molecule has 0 fully saturated rings. The van der Waals surface area contributed by atoms with Gasteiger partial charge in [-0.15, -0.1) is 11.8 Å². The molecular formula is C15H25NOS. The lowest BCUT2D eigenvalue weighted by atomic mass is 10.1. The maximum Gasteiger partial charge on any atom is 0.0631 e. The van der Waals surface area contributed by atoms with Gasteiger partial charge in [-0.25, -0.2) is 0 Å². The summed E-state index contributed by atoms with van der Waals surface area (Å²) in [6.07, 6.45) is 0.889. The van der Waals surface area contributed by atoms with Crippen molar-refractivity contribution in [2.24, 2.45) is 0 Å². The van der Waals surface area contributed by atoms with E-state index >= 15 is 0 Å². The van der Waals surface area contributed by atoms with Crippen LogP contribution < -0.4 is 5.32 Å². The summed E-state index contributed by atoms with van der Waals surface area (Å²) in [5, 5.41) is 13.2. The molecule has 2 atom stereocenters. The van der Waals surface area contributed by atoms with Crippen LogP contribution in [0.15, 0.2) is 23.1 Å². The van der Waals surface area contributed by atoms with Gasteiger partial charge in [0.2, 0.25) is 0 Å². The summed E-state index contributed by atoms with van der Waals surface area (Å²) in [6, 6.07) is 6.56. The minimum absolute atomic E-state index is 0.230. The number of thioether (sulfide) groups is 1. The largest absolute Gasteiger partial charge is 0.392 e. The van der Waals surface area contributed by atoms with Crippen LogP contribution in [-0.4, -0.2) is 23.0 Å². The topological polar surface area (TPSA) is 32.3 Å². The van der Waals surface area contributed by atoms with Crippen molar-refractivity contribution in [3.8, 4) is 0 Å². The molecule has 1 rings (SSSR count). The Balaban J connectivity index is 2.61. The molecule has 0 amide bonds. The lowest BCUT2D eigenvalue weighted by Crippen LogP contribution is -2.15. The van der Waals surface area contributed by atoms with Gasteiger partial charge in [-0.05, 0) is 50.1 Å². The fraction of sp³-hybridized carbons (Fsp3) is 0.600. The van der Waals surface area contributed by atoms with Crippen LogP contribution in [0.1, 0.15) is 38.3 Å². The number of aliphatic hydroxyl groups excluding tert-OH is 1. The number of rotatable bonds is 7. The van der Waals surface area contributed by atoms with Gasteiger partial charge >= 0.3 is 0 Å². The Hall–Kier alpha value is -0.510. The summed E-state index contributed by atoms with van der Waals surface area (Å²) in [5.74, 6) is 0. The third-order valence-corrected chi connectivity index (χ3v) is 4.35. The predicted molar refractivity (Wildman–Crippen MR) is 80.2 cm³/mol. The van der Waals surface area contributed by atoms with Gasteiger partial charge in [0.05, 0.1) is 6.10 Å². The van der Waals surface area contributed by atoms with Crippen LogP contribution in [0.2, 0.25) is 0 Å². The summed E-state index contributed by atoms with van der Waals surface area (Å²) in [7, 11) is 0. The highest BCUT2D eigenvalue weighted by atomic mass is 32.2. The Labute approximate surface area is 115 Å². The van der Waals surface area contributed by atoms with Crippen molar-refractivity contribution in [2.45, 2.75) is 56.9 Å². The van der Waals surface area contributed by atoms with Crippen molar-refractivity contribution in [1.82, 2.24) is 5.32 Å². The molecule has 0 radical (unpaired) electrons. The van der Waals surface area contributed by atoms with Gasteiger partial charge in [0.15, 0.2) is 0 Å². The average molecular weight is 267 g/mol. The Bertz CT molecular complexity index is 366. The molecular weight excluding hydrogens is 242 g/mol. The van der Waals surface area contributed by atoms with E-state index in [4.69, 9.17) is 0 Å². The second-order valence-corrected chi connectivity index (χ2v) is 6.28. The molecule has 102 valence electrons. The maximum atomic E-state index is 9.52. The molecule has 2 nitrogen and oxygen atoms in total. The van der Waals surface area contributed by atoms with E-state index in [0.717, 1.165) is 13.1 Å². The van der Waals surface area contributed by atoms with Crippen LogP contribution in [0.5, 0.6) is 0 Å². The van der Waals surface area contributed by atoms with E-state index in [2.05, 4.69) is 44.3 Å². The van der Waals surface area contributed by atoms with Gasteiger partial charge in [-0.3, -0.25) is 0 Å². The second kappa shape index (κ2) is 7.82. The molecule has 0 aliphatic carbocycles. The van der Waals surface area contributed by atoms with Gasteiger partial charge in [-0.2, -0.15) is 0 Å². The summed E-state index contributed by atoms with van der Waals surface area (Å²) < 4.78 is 0. The summed E-state index contributed by atoms with van der Waals surface area (Å²) >= 11 is 1.73. The van der Waals surface area contributed by atoms with Crippen molar-refractivity contribution in [1.29, 1.82) is 0 Å². The Morgan fingerprint density at radius 1 is 1.33 bits per heavy atom. The zero-order valence-electron chi connectivity index (χ0n) is 11.9. The SMILES string of the molecule is CCCNCc1ccc(SC(C)C(C)O)cc1C. The number of aryl methyl sites for hydroxylation is 1. The van der Waals surface area contributed by atoms with Crippen LogP contribution >= 0.6 is 11.8 Å². The first kappa shape index (κ1) is 15.5. The van der Waals surface area contributed by atoms with Gasteiger partial charge < -0.3 is 10.4 Å². The highest BCUT2D eigenvalue weighted by Gasteiger charge is 2.10. The minimum atomic E-state index is -0.277. The molecule has 2 unspecified atom stereocenters. The predicted octanol–water partition coefficient (Wildman–Crippen LogP) is 3.36. The first-order valence-corrected chi connectivity index (χ1v) is 7.57. The van der Waals surface area contributed by atoms with Crippen molar-refractivity contribution in [3.63, 3.8) is 0 Å². The van der Waals surface area contributed by atoms with E-state index in [1.165, 1.54) is 22.4 Å². The molecule has 18 heavy (non-hydrogen) atoms. The molecule has 0 aliphatic heterocycles. The molecule has 2 N–H and O–H groups in total. The second-order valence-electron chi connectivity index (χ2n) is 4.83. The van der Waals surface area contributed by atoms with Crippen molar-refractivity contribution in [3.05, 3.63) is 29.3 Å². The van der Waals surface area contributed by atoms with Gasteiger partial charge in [0.1, 0.15) is 0 Å². The quantitative estimate of drug-likeness (QED) is 0.587. The molecule has 0 spiro atoms. The van der Waals surface area contributed by atoms with E-state index in [1.807, 2.05) is 6.92 Å². The van der Waals surface area contributed by atoms with E-state index < -0.39 is 0 Å². The Kier molecular flexibility index (Phi) is 6.76. The highest BCUT2D eigenvalue weighted by Crippen LogP contribution is 2.27. The number of nitrogens with one attached hydrogen (secondary N) is 1. The fourth-order valence-corrected chi connectivity index (χ4v) is 2.67. The van der Waals surface area contributed by atoms with Crippen LogP contribution in [0.25, 0.3) is 0 Å². The molecule has 0 aromatic heterocycles.